The summed E-state index contributed by atoms with van der Waals surface area (Å²) in [5.74, 6) is -0.301. The van der Waals surface area contributed by atoms with Gasteiger partial charge in [-0.25, -0.2) is 4.39 Å². The van der Waals surface area contributed by atoms with Crippen molar-refractivity contribution in [1.29, 1.82) is 0 Å². The van der Waals surface area contributed by atoms with Crippen molar-refractivity contribution in [3.8, 4) is 0 Å². The molecule has 0 saturated carbocycles. The summed E-state index contributed by atoms with van der Waals surface area (Å²) >= 11 is 5.65. The molecular formula is C7H8Cl2FN. The van der Waals surface area contributed by atoms with Crippen molar-refractivity contribution in [3.63, 3.8) is 0 Å². The summed E-state index contributed by atoms with van der Waals surface area (Å²) in [6, 6.07) is 4.14. The monoisotopic (exact) mass is 195 g/mol. The van der Waals surface area contributed by atoms with E-state index >= 15 is 0 Å². The van der Waals surface area contributed by atoms with E-state index in [1.165, 1.54) is 18.2 Å². The Morgan fingerprint density at radius 3 is 2.55 bits per heavy atom. The molecule has 11 heavy (non-hydrogen) atoms. The van der Waals surface area contributed by atoms with Crippen molar-refractivity contribution in [3.05, 3.63) is 34.6 Å². The summed E-state index contributed by atoms with van der Waals surface area (Å²) in [6.45, 7) is 0.274. The van der Waals surface area contributed by atoms with Gasteiger partial charge < -0.3 is 5.73 Å². The molecule has 0 atom stereocenters. The number of nitrogens with two attached hydrogens (primary N) is 1. The minimum absolute atomic E-state index is 0. The highest BCUT2D eigenvalue weighted by Crippen LogP contribution is 2.15. The second kappa shape index (κ2) is 4.54. The lowest BCUT2D eigenvalue weighted by molar-refractivity contribution is 0.625. The molecule has 0 radical (unpaired) electrons. The highest BCUT2D eigenvalue weighted by molar-refractivity contribution is 6.31. The van der Waals surface area contributed by atoms with Gasteiger partial charge in [0.15, 0.2) is 0 Å². The van der Waals surface area contributed by atoms with Crippen LogP contribution in [-0.2, 0) is 6.54 Å². The van der Waals surface area contributed by atoms with Crippen molar-refractivity contribution >= 4 is 24.0 Å². The highest BCUT2D eigenvalue weighted by Gasteiger charge is 1.97. The van der Waals surface area contributed by atoms with Crippen molar-refractivity contribution < 1.29 is 4.39 Å². The molecule has 4 heteroatoms. The average molecular weight is 196 g/mol. The number of benzene rings is 1. The summed E-state index contributed by atoms with van der Waals surface area (Å²) in [7, 11) is 0. The maximum atomic E-state index is 12.4. The van der Waals surface area contributed by atoms with Crippen LogP contribution < -0.4 is 5.73 Å². The van der Waals surface area contributed by atoms with Crippen molar-refractivity contribution in [1.82, 2.24) is 0 Å². The van der Waals surface area contributed by atoms with Gasteiger partial charge in [-0.3, -0.25) is 0 Å². The molecule has 0 fully saturated rings. The molecule has 0 aliphatic rings. The van der Waals surface area contributed by atoms with Gasteiger partial charge in [0.1, 0.15) is 5.82 Å². The van der Waals surface area contributed by atoms with E-state index in [0.717, 1.165) is 0 Å². The predicted octanol–water partition coefficient (Wildman–Crippen LogP) is 2.36. The van der Waals surface area contributed by atoms with Gasteiger partial charge in [-0.15, -0.1) is 12.4 Å². The van der Waals surface area contributed by atoms with Gasteiger partial charge in [0.2, 0.25) is 0 Å². The van der Waals surface area contributed by atoms with E-state index in [1.54, 1.807) is 0 Å². The van der Waals surface area contributed by atoms with E-state index in [0.29, 0.717) is 10.6 Å². The summed E-state index contributed by atoms with van der Waals surface area (Å²) in [6.07, 6.45) is 0. The van der Waals surface area contributed by atoms with E-state index in [4.69, 9.17) is 17.3 Å². The third-order valence-corrected chi connectivity index (χ3v) is 1.60. The Labute approximate surface area is 75.8 Å². The molecule has 62 valence electrons. The summed E-state index contributed by atoms with van der Waals surface area (Å²) < 4.78 is 12.4. The van der Waals surface area contributed by atoms with E-state index in [9.17, 15) is 4.39 Å². The molecule has 0 aliphatic carbocycles. The lowest BCUT2D eigenvalue weighted by Gasteiger charge is -1.98. The van der Waals surface area contributed by atoms with Gasteiger partial charge in [0, 0.05) is 11.6 Å². The van der Waals surface area contributed by atoms with Crippen molar-refractivity contribution in [2.45, 2.75) is 6.54 Å². The van der Waals surface area contributed by atoms with Crippen molar-refractivity contribution in [2.75, 3.05) is 0 Å². The van der Waals surface area contributed by atoms with E-state index < -0.39 is 0 Å². The minimum atomic E-state index is -0.301. The zero-order chi connectivity index (χ0) is 7.56. The Bertz CT molecular complexity index is 240. The molecule has 1 nitrogen and oxygen atoms in total. The lowest BCUT2D eigenvalue weighted by atomic mass is 10.2. The minimum Gasteiger partial charge on any atom is -0.326 e. The van der Waals surface area contributed by atoms with Crippen LogP contribution in [0.3, 0.4) is 0 Å². The number of rotatable bonds is 1. The van der Waals surface area contributed by atoms with Crippen LogP contribution in [-0.4, -0.2) is 0 Å². The van der Waals surface area contributed by atoms with Gasteiger partial charge >= 0.3 is 0 Å². The zero-order valence-corrected chi connectivity index (χ0v) is 7.25. The normalized spacial score (nSPS) is 9.00. The molecule has 0 unspecified atom stereocenters. The van der Waals surface area contributed by atoms with E-state index in [1.807, 2.05) is 0 Å². The molecule has 1 rings (SSSR count). The van der Waals surface area contributed by atoms with Crippen LogP contribution in [0.25, 0.3) is 0 Å². The maximum Gasteiger partial charge on any atom is 0.123 e. The summed E-state index contributed by atoms with van der Waals surface area (Å²) in [5.41, 5.74) is 5.91. The predicted molar refractivity (Wildman–Crippen MR) is 46.5 cm³/mol. The Morgan fingerprint density at radius 2 is 2.09 bits per heavy atom. The van der Waals surface area contributed by atoms with Crippen LogP contribution in [0.2, 0.25) is 5.02 Å². The Balaban J connectivity index is 0.000001000. The standard InChI is InChI=1S/C7H7ClFN.ClH/c8-7-2-1-6(9)3-5(7)4-10;/h1-3H,4,10H2;1H. The average Bonchev–Trinajstić information content (AvgIpc) is 1.94. The molecule has 0 heterocycles. The number of hydrogen-bond acceptors (Lipinski definition) is 1. The Hall–Kier alpha value is -0.310. The van der Waals surface area contributed by atoms with Gasteiger partial charge in [-0.05, 0) is 23.8 Å². The molecule has 1 aromatic rings. The molecule has 1 aromatic carbocycles. The molecular weight excluding hydrogens is 188 g/mol. The first-order valence-corrected chi connectivity index (χ1v) is 3.26. The molecule has 2 N–H and O–H groups in total. The van der Waals surface area contributed by atoms with Crippen LogP contribution in [0.5, 0.6) is 0 Å². The maximum absolute atomic E-state index is 12.4. The second-order valence-corrected chi connectivity index (χ2v) is 2.35. The molecule has 0 bridgehead atoms. The lowest BCUT2D eigenvalue weighted by Crippen LogP contribution is -1.97. The Kier molecular flexibility index (Phi) is 4.42. The van der Waals surface area contributed by atoms with Crippen LogP contribution in [0, 0.1) is 5.82 Å². The molecule has 0 saturated heterocycles. The largest absolute Gasteiger partial charge is 0.326 e. The fraction of sp³-hybridized carbons (Fsp3) is 0.143. The van der Waals surface area contributed by atoms with Crippen LogP contribution in [0.15, 0.2) is 18.2 Å². The number of halogens is 3. The second-order valence-electron chi connectivity index (χ2n) is 1.94. The topological polar surface area (TPSA) is 26.0 Å². The van der Waals surface area contributed by atoms with Crippen LogP contribution in [0.4, 0.5) is 4.39 Å². The van der Waals surface area contributed by atoms with Crippen molar-refractivity contribution in [2.24, 2.45) is 5.73 Å². The third-order valence-electron chi connectivity index (χ3n) is 1.23. The van der Waals surface area contributed by atoms with Crippen LogP contribution in [0.1, 0.15) is 5.56 Å². The summed E-state index contributed by atoms with van der Waals surface area (Å²) in [5, 5.41) is 0.518. The smallest absolute Gasteiger partial charge is 0.123 e. The molecule has 0 spiro atoms. The molecule has 0 amide bonds. The third kappa shape index (κ3) is 2.66. The highest BCUT2D eigenvalue weighted by atomic mass is 35.5. The summed E-state index contributed by atoms with van der Waals surface area (Å²) in [4.78, 5) is 0. The zero-order valence-electron chi connectivity index (χ0n) is 5.68. The first kappa shape index (κ1) is 10.7. The fourth-order valence-electron chi connectivity index (χ4n) is 0.700. The number of hydrogen-bond donors (Lipinski definition) is 1. The van der Waals surface area contributed by atoms with Gasteiger partial charge in [-0.2, -0.15) is 0 Å². The first-order chi connectivity index (χ1) is 4.74. The quantitative estimate of drug-likeness (QED) is 0.732. The van der Waals surface area contributed by atoms with E-state index in [-0.39, 0.29) is 24.8 Å². The van der Waals surface area contributed by atoms with Gasteiger partial charge in [-0.1, -0.05) is 11.6 Å². The SMILES string of the molecule is Cl.NCc1cc(F)ccc1Cl. The molecule has 0 aromatic heterocycles. The van der Waals surface area contributed by atoms with Gasteiger partial charge in [0.25, 0.3) is 0 Å². The molecule has 0 aliphatic heterocycles. The Morgan fingerprint density at radius 1 is 1.45 bits per heavy atom. The van der Waals surface area contributed by atoms with Gasteiger partial charge in [0.05, 0.1) is 0 Å². The van der Waals surface area contributed by atoms with E-state index in [2.05, 4.69) is 0 Å². The first-order valence-electron chi connectivity index (χ1n) is 2.88. The fourth-order valence-corrected chi connectivity index (χ4v) is 0.894. The van der Waals surface area contributed by atoms with Crippen LogP contribution >= 0.6 is 24.0 Å².